The van der Waals surface area contributed by atoms with Gasteiger partial charge in [0.25, 0.3) is 0 Å². The van der Waals surface area contributed by atoms with Crippen molar-refractivity contribution in [3.05, 3.63) is 40.4 Å². The lowest BCUT2D eigenvalue weighted by Gasteiger charge is -2.34. The number of nitrogens with zero attached hydrogens (tertiary/aromatic N) is 2. The summed E-state index contributed by atoms with van der Waals surface area (Å²) in [5.74, 6) is 0. The molecule has 0 atom stereocenters. The third kappa shape index (κ3) is 3.57. The largest absolute Gasteiger partial charge is 0.598 e. The van der Waals surface area contributed by atoms with Crippen molar-refractivity contribution in [1.29, 1.82) is 0 Å². The summed E-state index contributed by atoms with van der Waals surface area (Å²) in [6.07, 6.45) is 2.25. The first-order valence-electron chi connectivity index (χ1n) is 9.54. The SMILES string of the molecule is CC1=CC(C)=N/C1=C(/C)c1c(C)cc(C)n1B(OC1COC1)OC1COC1. The molecule has 0 radical (unpaired) electrons. The summed E-state index contributed by atoms with van der Waals surface area (Å²) in [5.41, 5.74) is 7.81. The highest BCUT2D eigenvalue weighted by Crippen LogP contribution is 2.32. The summed E-state index contributed by atoms with van der Waals surface area (Å²) < 4.78 is 25.3. The molecule has 4 heterocycles. The van der Waals surface area contributed by atoms with Crippen LogP contribution in [0.4, 0.5) is 0 Å². The smallest absolute Gasteiger partial charge is 0.384 e. The Morgan fingerprint density at radius 1 is 1.07 bits per heavy atom. The molecule has 0 saturated carbocycles. The maximum absolute atomic E-state index is 6.26. The normalized spacial score (nSPS) is 22.3. The Bertz CT molecular complexity index is 815. The molecule has 6 nitrogen and oxygen atoms in total. The summed E-state index contributed by atoms with van der Waals surface area (Å²) in [4.78, 5) is 4.74. The minimum Gasteiger partial charge on any atom is -0.384 e. The number of aromatic nitrogens is 1. The lowest BCUT2D eigenvalue weighted by molar-refractivity contribution is -0.119. The van der Waals surface area contributed by atoms with E-state index in [2.05, 4.69) is 44.3 Å². The molecule has 0 aromatic carbocycles. The van der Waals surface area contributed by atoms with Crippen molar-refractivity contribution in [3.63, 3.8) is 0 Å². The summed E-state index contributed by atoms with van der Waals surface area (Å²) in [6, 6.07) is 2.18. The molecule has 3 aliphatic rings. The van der Waals surface area contributed by atoms with Crippen molar-refractivity contribution in [2.45, 2.75) is 46.8 Å². The lowest BCUT2D eigenvalue weighted by Crippen LogP contribution is -2.50. The Balaban J connectivity index is 1.74. The van der Waals surface area contributed by atoms with Gasteiger partial charge in [-0.05, 0) is 63.5 Å². The van der Waals surface area contributed by atoms with Crippen LogP contribution >= 0.6 is 0 Å². The minimum absolute atomic E-state index is 0.0623. The van der Waals surface area contributed by atoms with Gasteiger partial charge in [0.2, 0.25) is 0 Å². The van der Waals surface area contributed by atoms with Crippen molar-refractivity contribution in [1.82, 2.24) is 4.48 Å². The van der Waals surface area contributed by atoms with Crippen molar-refractivity contribution in [3.8, 4) is 0 Å². The molecule has 27 heavy (non-hydrogen) atoms. The Hall–Kier alpha value is -1.67. The first-order valence-corrected chi connectivity index (χ1v) is 9.54. The first kappa shape index (κ1) is 18.7. The quantitative estimate of drug-likeness (QED) is 0.723. The monoisotopic (exact) mass is 370 g/mol. The fourth-order valence-electron chi connectivity index (χ4n) is 3.80. The van der Waals surface area contributed by atoms with Gasteiger partial charge in [0.1, 0.15) is 0 Å². The molecule has 2 saturated heterocycles. The van der Waals surface area contributed by atoms with E-state index in [1.54, 1.807) is 0 Å². The number of rotatable bonds is 6. The van der Waals surface area contributed by atoms with Gasteiger partial charge in [-0.2, -0.15) is 0 Å². The van der Waals surface area contributed by atoms with Crippen LogP contribution in [-0.4, -0.2) is 56.1 Å². The van der Waals surface area contributed by atoms with E-state index in [-0.39, 0.29) is 12.2 Å². The van der Waals surface area contributed by atoms with Gasteiger partial charge >= 0.3 is 7.25 Å². The summed E-state index contributed by atoms with van der Waals surface area (Å²) in [6.45, 7) is 12.9. The molecular weight excluding hydrogens is 343 g/mol. The van der Waals surface area contributed by atoms with E-state index >= 15 is 0 Å². The van der Waals surface area contributed by atoms with Gasteiger partial charge in [0, 0.05) is 17.1 Å². The van der Waals surface area contributed by atoms with Gasteiger partial charge in [0.15, 0.2) is 0 Å². The fourth-order valence-corrected chi connectivity index (χ4v) is 3.80. The van der Waals surface area contributed by atoms with Crippen LogP contribution in [-0.2, 0) is 18.8 Å². The highest BCUT2D eigenvalue weighted by molar-refractivity contribution is 6.43. The Morgan fingerprint density at radius 2 is 1.67 bits per heavy atom. The van der Waals surface area contributed by atoms with E-state index < -0.39 is 7.25 Å². The van der Waals surface area contributed by atoms with Crippen LogP contribution in [0.3, 0.4) is 0 Å². The molecule has 0 N–H and O–H groups in total. The van der Waals surface area contributed by atoms with Crippen molar-refractivity contribution >= 4 is 18.5 Å². The van der Waals surface area contributed by atoms with E-state index in [0.29, 0.717) is 26.4 Å². The molecule has 7 heteroatoms. The standard InChI is InChI=1S/C20H27BN2O4/c1-12-6-14(3)22-19(12)16(5)20-13(2)7-15(4)23(20)21(26-17-8-24-9-17)27-18-10-25-11-18/h6-7,17-18H,8-11H2,1-5H3/b19-16-. The Labute approximate surface area is 161 Å². The average molecular weight is 370 g/mol. The molecule has 2 fully saturated rings. The van der Waals surface area contributed by atoms with E-state index in [1.807, 2.05) is 6.92 Å². The number of aryl methyl sites for hydroxylation is 2. The summed E-state index contributed by atoms with van der Waals surface area (Å²) >= 11 is 0. The number of aliphatic imine (C=N–C) groups is 1. The highest BCUT2D eigenvalue weighted by atomic mass is 16.7. The Morgan fingerprint density at radius 3 is 2.11 bits per heavy atom. The number of ether oxygens (including phenoxy) is 2. The zero-order valence-electron chi connectivity index (χ0n) is 16.7. The topological polar surface area (TPSA) is 54.2 Å². The predicted octanol–water partition coefficient (Wildman–Crippen LogP) is 2.92. The van der Waals surface area contributed by atoms with Crippen LogP contribution in [0.5, 0.6) is 0 Å². The predicted molar refractivity (Wildman–Crippen MR) is 106 cm³/mol. The third-order valence-corrected chi connectivity index (χ3v) is 5.26. The number of hydrogen-bond acceptors (Lipinski definition) is 5. The summed E-state index contributed by atoms with van der Waals surface area (Å²) in [7, 11) is -0.497. The van der Waals surface area contributed by atoms with Crippen LogP contribution < -0.4 is 0 Å². The molecule has 1 aromatic heterocycles. The van der Waals surface area contributed by atoms with E-state index in [0.717, 1.165) is 28.4 Å². The van der Waals surface area contributed by atoms with Crippen molar-refractivity contribution < 1.29 is 18.8 Å². The van der Waals surface area contributed by atoms with Gasteiger partial charge in [-0.15, -0.1) is 0 Å². The molecule has 0 unspecified atom stereocenters. The van der Waals surface area contributed by atoms with Crippen LogP contribution in [0.1, 0.15) is 37.7 Å². The number of hydrogen-bond donors (Lipinski definition) is 0. The van der Waals surface area contributed by atoms with Crippen LogP contribution in [0.2, 0.25) is 0 Å². The molecule has 0 aliphatic carbocycles. The van der Waals surface area contributed by atoms with Crippen LogP contribution in [0, 0.1) is 13.8 Å². The molecule has 1 aromatic rings. The zero-order valence-corrected chi connectivity index (χ0v) is 16.7. The highest BCUT2D eigenvalue weighted by Gasteiger charge is 2.37. The zero-order chi connectivity index (χ0) is 19.1. The fraction of sp³-hybridized carbons (Fsp3) is 0.550. The average Bonchev–Trinajstić information content (AvgIpc) is 3.01. The van der Waals surface area contributed by atoms with Crippen molar-refractivity contribution in [2.75, 3.05) is 26.4 Å². The Kier molecular flexibility index (Phi) is 5.12. The van der Waals surface area contributed by atoms with E-state index in [1.165, 1.54) is 11.1 Å². The van der Waals surface area contributed by atoms with Gasteiger partial charge < -0.3 is 23.3 Å². The van der Waals surface area contributed by atoms with Crippen LogP contribution in [0.15, 0.2) is 28.4 Å². The van der Waals surface area contributed by atoms with Crippen molar-refractivity contribution in [2.24, 2.45) is 4.99 Å². The van der Waals surface area contributed by atoms with Crippen LogP contribution in [0.25, 0.3) is 5.57 Å². The maximum Gasteiger partial charge on any atom is 0.598 e. The second kappa shape index (κ2) is 7.39. The van der Waals surface area contributed by atoms with Gasteiger partial charge in [-0.1, -0.05) is 0 Å². The van der Waals surface area contributed by atoms with E-state index in [9.17, 15) is 0 Å². The first-order chi connectivity index (χ1) is 12.9. The lowest BCUT2D eigenvalue weighted by atomic mass is 9.99. The maximum atomic E-state index is 6.26. The van der Waals surface area contributed by atoms with E-state index in [4.69, 9.17) is 23.8 Å². The molecule has 144 valence electrons. The third-order valence-electron chi connectivity index (χ3n) is 5.26. The second-order valence-electron chi connectivity index (χ2n) is 7.64. The minimum atomic E-state index is -0.497. The van der Waals surface area contributed by atoms with Gasteiger partial charge in [-0.25, -0.2) is 0 Å². The molecule has 0 spiro atoms. The van der Waals surface area contributed by atoms with Gasteiger partial charge in [-0.3, -0.25) is 4.99 Å². The molecular formula is C20H27BN2O4. The molecule has 4 rings (SSSR count). The molecule has 3 aliphatic heterocycles. The van der Waals surface area contributed by atoms with Gasteiger partial charge in [0.05, 0.1) is 44.3 Å². The number of allylic oxidation sites excluding steroid dienone is 3. The second-order valence-corrected chi connectivity index (χ2v) is 7.64. The summed E-state index contributed by atoms with van der Waals surface area (Å²) in [5, 5.41) is 0. The molecule has 0 amide bonds. The molecule has 0 bridgehead atoms.